The van der Waals surface area contributed by atoms with Crippen LogP contribution in [0.4, 0.5) is 0 Å². The van der Waals surface area contributed by atoms with Gasteiger partial charge < -0.3 is 5.32 Å². The molecule has 20 heavy (non-hydrogen) atoms. The van der Waals surface area contributed by atoms with Gasteiger partial charge in [-0.25, -0.2) is 0 Å². The van der Waals surface area contributed by atoms with Gasteiger partial charge in [0, 0.05) is 12.6 Å². The summed E-state index contributed by atoms with van der Waals surface area (Å²) in [6.07, 6.45) is 4.28. The average Bonchev–Trinajstić information content (AvgIpc) is 2.74. The second kappa shape index (κ2) is 8.68. The van der Waals surface area contributed by atoms with Gasteiger partial charge in [-0.15, -0.1) is 0 Å². The minimum Gasteiger partial charge on any atom is -0.314 e. The number of nitrogens with one attached hydrogen (secondary N) is 1. The molecule has 0 amide bonds. The van der Waals surface area contributed by atoms with Gasteiger partial charge in [0.25, 0.3) is 0 Å². The molecule has 116 valence electrons. The van der Waals surface area contributed by atoms with Crippen LogP contribution in [0, 0.1) is 5.92 Å². The lowest BCUT2D eigenvalue weighted by molar-refractivity contribution is 0.375. The Morgan fingerprint density at radius 2 is 1.95 bits per heavy atom. The average molecular weight is 300 g/mol. The molecule has 1 unspecified atom stereocenters. The summed E-state index contributed by atoms with van der Waals surface area (Å²) >= 11 is 6.45. The third-order valence-corrected chi connectivity index (χ3v) is 4.33. The van der Waals surface area contributed by atoms with E-state index >= 15 is 0 Å². The predicted octanol–water partition coefficient (Wildman–Crippen LogP) is 4.08. The molecule has 1 N–H and O–H groups in total. The second-order valence-electron chi connectivity index (χ2n) is 5.68. The number of rotatable bonds is 9. The highest BCUT2D eigenvalue weighted by atomic mass is 35.5. The van der Waals surface area contributed by atoms with Crippen molar-refractivity contribution in [3.8, 4) is 0 Å². The highest BCUT2D eigenvalue weighted by Gasteiger charge is 2.16. The zero-order valence-electron chi connectivity index (χ0n) is 13.7. The normalized spacial score (nSPS) is 13.2. The maximum absolute atomic E-state index is 6.45. The van der Waals surface area contributed by atoms with Crippen molar-refractivity contribution < 1.29 is 0 Å². The predicted molar refractivity (Wildman–Crippen MR) is 87.5 cm³/mol. The van der Waals surface area contributed by atoms with Crippen LogP contribution in [0.3, 0.4) is 0 Å². The Hall–Kier alpha value is -0.540. The van der Waals surface area contributed by atoms with Crippen LogP contribution in [-0.2, 0) is 19.4 Å². The standard InChI is InChI=1S/C16H30ClN3/c1-6-13-16(17)15(20(8-3)19-13)11-9-10-14(12(4)5)18-7-2/h12,14,18H,6-11H2,1-5H3. The van der Waals surface area contributed by atoms with Crippen LogP contribution in [-0.4, -0.2) is 22.4 Å². The molecule has 0 fully saturated rings. The Balaban J connectivity index is 2.63. The third-order valence-electron chi connectivity index (χ3n) is 3.89. The lowest BCUT2D eigenvalue weighted by Gasteiger charge is -2.21. The van der Waals surface area contributed by atoms with Gasteiger partial charge in [-0.1, -0.05) is 39.3 Å². The minimum atomic E-state index is 0.599. The van der Waals surface area contributed by atoms with E-state index in [1.54, 1.807) is 0 Å². The van der Waals surface area contributed by atoms with Crippen LogP contribution in [0.15, 0.2) is 0 Å². The molecule has 0 aliphatic heterocycles. The van der Waals surface area contributed by atoms with Crippen LogP contribution in [0.2, 0.25) is 5.02 Å². The quantitative estimate of drug-likeness (QED) is 0.745. The Labute approximate surface area is 129 Å². The maximum atomic E-state index is 6.45. The van der Waals surface area contributed by atoms with Crippen molar-refractivity contribution in [3.05, 3.63) is 16.4 Å². The number of aryl methyl sites for hydroxylation is 2. The first-order valence-electron chi connectivity index (χ1n) is 8.02. The first-order chi connectivity index (χ1) is 9.54. The van der Waals surface area contributed by atoms with E-state index in [0.717, 1.165) is 43.1 Å². The van der Waals surface area contributed by atoms with E-state index in [1.165, 1.54) is 12.1 Å². The topological polar surface area (TPSA) is 29.9 Å². The first kappa shape index (κ1) is 17.5. The molecule has 0 radical (unpaired) electrons. The van der Waals surface area contributed by atoms with E-state index in [1.807, 2.05) is 0 Å². The summed E-state index contributed by atoms with van der Waals surface area (Å²) in [6.45, 7) is 12.9. The van der Waals surface area contributed by atoms with Crippen molar-refractivity contribution in [2.45, 2.75) is 72.9 Å². The van der Waals surface area contributed by atoms with Gasteiger partial charge in [0.2, 0.25) is 0 Å². The molecule has 1 atom stereocenters. The Kier molecular flexibility index (Phi) is 7.60. The number of hydrogen-bond acceptors (Lipinski definition) is 2. The highest BCUT2D eigenvalue weighted by Crippen LogP contribution is 2.24. The molecule has 3 nitrogen and oxygen atoms in total. The molecule has 1 heterocycles. The van der Waals surface area contributed by atoms with E-state index in [9.17, 15) is 0 Å². The summed E-state index contributed by atoms with van der Waals surface area (Å²) in [5, 5.41) is 9.05. The summed E-state index contributed by atoms with van der Waals surface area (Å²) in [5.74, 6) is 0.674. The molecule has 0 spiro atoms. The monoisotopic (exact) mass is 299 g/mol. The Morgan fingerprint density at radius 1 is 1.25 bits per heavy atom. The number of nitrogens with zero attached hydrogens (tertiary/aromatic N) is 2. The summed E-state index contributed by atoms with van der Waals surface area (Å²) in [7, 11) is 0. The molecule has 1 rings (SSSR count). The molecular formula is C16H30ClN3. The fourth-order valence-corrected chi connectivity index (χ4v) is 3.04. The minimum absolute atomic E-state index is 0.599. The maximum Gasteiger partial charge on any atom is 0.0849 e. The summed E-state index contributed by atoms with van der Waals surface area (Å²) in [4.78, 5) is 0. The van der Waals surface area contributed by atoms with Gasteiger partial charge in [0.1, 0.15) is 0 Å². The molecule has 0 aliphatic rings. The van der Waals surface area contributed by atoms with E-state index in [0.29, 0.717) is 12.0 Å². The van der Waals surface area contributed by atoms with Gasteiger partial charge in [0.15, 0.2) is 0 Å². The van der Waals surface area contributed by atoms with Crippen LogP contribution in [0.1, 0.15) is 58.8 Å². The van der Waals surface area contributed by atoms with Gasteiger partial charge in [-0.3, -0.25) is 4.68 Å². The summed E-state index contributed by atoms with van der Waals surface area (Å²) in [5.41, 5.74) is 2.25. The van der Waals surface area contributed by atoms with Crippen molar-refractivity contribution in [1.29, 1.82) is 0 Å². The van der Waals surface area contributed by atoms with E-state index in [2.05, 4.69) is 49.7 Å². The van der Waals surface area contributed by atoms with Crippen LogP contribution in [0.5, 0.6) is 0 Å². The second-order valence-corrected chi connectivity index (χ2v) is 6.06. The van der Waals surface area contributed by atoms with E-state index < -0.39 is 0 Å². The fraction of sp³-hybridized carbons (Fsp3) is 0.812. The zero-order valence-corrected chi connectivity index (χ0v) is 14.4. The Morgan fingerprint density at radius 3 is 2.45 bits per heavy atom. The van der Waals surface area contributed by atoms with Gasteiger partial charge >= 0.3 is 0 Å². The molecule has 4 heteroatoms. The van der Waals surface area contributed by atoms with Gasteiger partial charge in [-0.2, -0.15) is 5.10 Å². The lowest BCUT2D eigenvalue weighted by atomic mass is 9.97. The largest absolute Gasteiger partial charge is 0.314 e. The Bertz CT molecular complexity index is 399. The van der Waals surface area contributed by atoms with E-state index in [-0.39, 0.29) is 0 Å². The third kappa shape index (κ3) is 4.49. The van der Waals surface area contributed by atoms with Crippen molar-refractivity contribution in [1.82, 2.24) is 15.1 Å². The van der Waals surface area contributed by atoms with Crippen LogP contribution in [0.25, 0.3) is 0 Å². The SMILES string of the molecule is CCNC(CCCc1c(Cl)c(CC)nn1CC)C(C)C. The first-order valence-corrected chi connectivity index (χ1v) is 8.40. The summed E-state index contributed by atoms with van der Waals surface area (Å²) < 4.78 is 2.07. The van der Waals surface area contributed by atoms with Crippen molar-refractivity contribution >= 4 is 11.6 Å². The molecular weight excluding hydrogens is 270 g/mol. The highest BCUT2D eigenvalue weighted by molar-refractivity contribution is 6.31. The molecule has 1 aromatic heterocycles. The van der Waals surface area contributed by atoms with Crippen LogP contribution < -0.4 is 5.32 Å². The lowest BCUT2D eigenvalue weighted by Crippen LogP contribution is -2.33. The van der Waals surface area contributed by atoms with Crippen molar-refractivity contribution in [2.75, 3.05) is 6.54 Å². The smallest absolute Gasteiger partial charge is 0.0849 e. The molecule has 0 saturated carbocycles. The van der Waals surface area contributed by atoms with Crippen molar-refractivity contribution in [3.63, 3.8) is 0 Å². The molecule has 0 aromatic carbocycles. The molecule has 0 bridgehead atoms. The van der Waals surface area contributed by atoms with Crippen LogP contribution >= 0.6 is 11.6 Å². The molecule has 0 saturated heterocycles. The number of hydrogen-bond donors (Lipinski definition) is 1. The fourth-order valence-electron chi connectivity index (χ4n) is 2.68. The van der Waals surface area contributed by atoms with Crippen molar-refractivity contribution in [2.24, 2.45) is 5.92 Å². The van der Waals surface area contributed by atoms with E-state index in [4.69, 9.17) is 11.6 Å². The number of aromatic nitrogens is 2. The summed E-state index contributed by atoms with van der Waals surface area (Å²) in [6, 6.07) is 0.599. The molecule has 1 aromatic rings. The zero-order chi connectivity index (χ0) is 15.1. The van der Waals surface area contributed by atoms with Gasteiger partial charge in [-0.05, 0) is 45.1 Å². The molecule has 0 aliphatic carbocycles. The van der Waals surface area contributed by atoms with Gasteiger partial charge in [0.05, 0.1) is 16.4 Å². The number of halogens is 1.